The summed E-state index contributed by atoms with van der Waals surface area (Å²) in [5.74, 6) is -0.452. The number of nitrogens with zero attached hydrogens (tertiary/aromatic N) is 1. The maximum Gasteiger partial charge on any atom is 0.257 e. The van der Waals surface area contributed by atoms with Crippen LogP contribution < -0.4 is 5.32 Å². The monoisotopic (exact) mass is 346 g/mol. The fourth-order valence-corrected chi connectivity index (χ4v) is 3.18. The van der Waals surface area contributed by atoms with Crippen LogP contribution in [0.25, 0.3) is 0 Å². The fourth-order valence-electron chi connectivity index (χ4n) is 2.90. The van der Waals surface area contributed by atoms with Crippen LogP contribution in [0.3, 0.4) is 0 Å². The normalized spacial score (nSPS) is 17.6. The number of likely N-dealkylation sites (tertiary alicyclic amines) is 1. The van der Waals surface area contributed by atoms with Gasteiger partial charge in [-0.2, -0.15) is 0 Å². The number of rotatable bonds is 3. The molecule has 1 aromatic carbocycles. The van der Waals surface area contributed by atoms with Gasteiger partial charge in [-0.3, -0.25) is 9.59 Å². The number of anilines is 1. The highest BCUT2D eigenvalue weighted by molar-refractivity contribution is 6.33. The van der Waals surface area contributed by atoms with E-state index in [4.69, 9.17) is 16.0 Å². The van der Waals surface area contributed by atoms with Crippen LogP contribution in [0.5, 0.6) is 0 Å². The summed E-state index contributed by atoms with van der Waals surface area (Å²) in [6.07, 6.45) is 4.45. The summed E-state index contributed by atoms with van der Waals surface area (Å²) >= 11 is 6.17. The lowest BCUT2D eigenvalue weighted by atomic mass is 9.96. The van der Waals surface area contributed by atoms with Crippen LogP contribution in [-0.4, -0.2) is 29.8 Å². The van der Waals surface area contributed by atoms with Crippen LogP contribution in [0, 0.1) is 12.8 Å². The summed E-state index contributed by atoms with van der Waals surface area (Å²) < 4.78 is 4.96. The highest BCUT2D eigenvalue weighted by Gasteiger charge is 2.29. The molecule has 0 radical (unpaired) electrons. The zero-order valence-corrected chi connectivity index (χ0v) is 14.2. The number of amides is 2. The standard InChI is InChI=1S/C18H19ClN2O3/c1-12-4-5-16(15(19)9-12)20-17(22)13-3-2-7-21(10-13)18(23)14-6-8-24-11-14/h4-6,8-9,11,13H,2-3,7,10H2,1H3,(H,20,22)/t13-/m0/s1. The maximum absolute atomic E-state index is 12.5. The fraction of sp³-hybridized carbons (Fsp3) is 0.333. The quantitative estimate of drug-likeness (QED) is 0.921. The summed E-state index contributed by atoms with van der Waals surface area (Å²) in [6.45, 7) is 3.00. The second-order valence-corrected chi connectivity index (χ2v) is 6.48. The van der Waals surface area contributed by atoms with E-state index in [9.17, 15) is 9.59 Å². The van der Waals surface area contributed by atoms with Crippen molar-refractivity contribution >= 4 is 29.1 Å². The second kappa shape index (κ2) is 7.09. The number of hydrogen-bond donors (Lipinski definition) is 1. The number of nitrogens with one attached hydrogen (secondary N) is 1. The Balaban J connectivity index is 1.65. The van der Waals surface area contributed by atoms with Gasteiger partial charge < -0.3 is 14.6 Å². The Morgan fingerprint density at radius 1 is 1.33 bits per heavy atom. The smallest absolute Gasteiger partial charge is 0.257 e. The van der Waals surface area contributed by atoms with Gasteiger partial charge in [0.05, 0.1) is 28.5 Å². The minimum atomic E-state index is -0.244. The van der Waals surface area contributed by atoms with Gasteiger partial charge in [-0.05, 0) is 43.5 Å². The lowest BCUT2D eigenvalue weighted by Gasteiger charge is -2.31. The number of carbonyl (C=O) groups excluding carboxylic acids is 2. The van der Waals surface area contributed by atoms with Crippen LogP contribution in [0.15, 0.2) is 41.2 Å². The van der Waals surface area contributed by atoms with Gasteiger partial charge in [0.2, 0.25) is 5.91 Å². The summed E-state index contributed by atoms with van der Waals surface area (Å²) in [7, 11) is 0. The zero-order valence-electron chi connectivity index (χ0n) is 13.4. The molecule has 2 aromatic rings. The maximum atomic E-state index is 12.5. The summed E-state index contributed by atoms with van der Waals surface area (Å²) in [5, 5.41) is 3.39. The van der Waals surface area contributed by atoms with Crippen LogP contribution in [0.4, 0.5) is 5.69 Å². The molecule has 2 heterocycles. The van der Waals surface area contributed by atoms with Crippen LogP contribution >= 0.6 is 11.6 Å². The Bertz CT molecular complexity index is 743. The van der Waals surface area contributed by atoms with Gasteiger partial charge in [0.25, 0.3) is 5.91 Å². The molecule has 3 rings (SSSR count). The molecule has 6 heteroatoms. The molecule has 1 atom stereocenters. The molecule has 1 saturated heterocycles. The molecule has 0 spiro atoms. The van der Waals surface area contributed by atoms with Gasteiger partial charge in [0, 0.05) is 13.1 Å². The average Bonchev–Trinajstić information content (AvgIpc) is 3.11. The van der Waals surface area contributed by atoms with Crippen molar-refractivity contribution in [1.29, 1.82) is 0 Å². The van der Waals surface area contributed by atoms with E-state index in [1.54, 1.807) is 17.0 Å². The van der Waals surface area contributed by atoms with E-state index in [-0.39, 0.29) is 17.7 Å². The van der Waals surface area contributed by atoms with Crippen molar-refractivity contribution in [3.05, 3.63) is 52.9 Å². The molecule has 1 fully saturated rings. The van der Waals surface area contributed by atoms with Gasteiger partial charge in [0.15, 0.2) is 0 Å². The largest absolute Gasteiger partial charge is 0.472 e. The van der Waals surface area contributed by atoms with Crippen molar-refractivity contribution in [2.45, 2.75) is 19.8 Å². The Hall–Kier alpha value is -2.27. The number of piperidine rings is 1. The molecule has 1 N–H and O–H groups in total. The van der Waals surface area contributed by atoms with Crippen molar-refractivity contribution < 1.29 is 14.0 Å². The lowest BCUT2D eigenvalue weighted by Crippen LogP contribution is -2.43. The first-order chi connectivity index (χ1) is 11.5. The molecule has 1 aromatic heterocycles. The molecule has 1 aliphatic heterocycles. The van der Waals surface area contributed by atoms with E-state index in [0.717, 1.165) is 18.4 Å². The molecule has 1 aliphatic rings. The lowest BCUT2D eigenvalue weighted by molar-refractivity contribution is -0.121. The van der Waals surface area contributed by atoms with E-state index in [1.165, 1.54) is 12.5 Å². The van der Waals surface area contributed by atoms with Crippen LogP contribution in [0.2, 0.25) is 5.02 Å². The SMILES string of the molecule is Cc1ccc(NC(=O)[C@H]2CCCN(C(=O)c3ccoc3)C2)c(Cl)c1. The van der Waals surface area contributed by atoms with Gasteiger partial charge in [0.1, 0.15) is 6.26 Å². The predicted octanol–water partition coefficient (Wildman–Crippen LogP) is 3.73. The number of benzene rings is 1. The van der Waals surface area contributed by atoms with Crippen molar-refractivity contribution in [3.63, 3.8) is 0 Å². The van der Waals surface area contributed by atoms with Crippen molar-refractivity contribution in [2.75, 3.05) is 18.4 Å². The Labute approximate surface area is 145 Å². The first-order valence-corrected chi connectivity index (χ1v) is 8.31. The summed E-state index contributed by atoms with van der Waals surface area (Å²) in [4.78, 5) is 26.6. The van der Waals surface area contributed by atoms with Gasteiger partial charge in [-0.1, -0.05) is 17.7 Å². The van der Waals surface area contributed by atoms with E-state index in [0.29, 0.717) is 29.4 Å². The third-order valence-corrected chi connectivity index (χ3v) is 4.54. The number of carbonyl (C=O) groups is 2. The van der Waals surface area contributed by atoms with Crippen molar-refractivity contribution in [2.24, 2.45) is 5.92 Å². The van der Waals surface area contributed by atoms with E-state index in [1.807, 2.05) is 19.1 Å². The first kappa shape index (κ1) is 16.6. The highest BCUT2D eigenvalue weighted by atomic mass is 35.5. The third kappa shape index (κ3) is 3.62. The minimum absolute atomic E-state index is 0.102. The van der Waals surface area contributed by atoms with Crippen molar-refractivity contribution in [1.82, 2.24) is 4.90 Å². The Kier molecular flexibility index (Phi) is 4.90. The van der Waals surface area contributed by atoms with E-state index in [2.05, 4.69) is 5.32 Å². The number of hydrogen-bond acceptors (Lipinski definition) is 3. The topological polar surface area (TPSA) is 62.6 Å². The molecule has 0 unspecified atom stereocenters. The summed E-state index contributed by atoms with van der Waals surface area (Å²) in [5.41, 5.74) is 2.15. The van der Waals surface area contributed by atoms with E-state index >= 15 is 0 Å². The van der Waals surface area contributed by atoms with Gasteiger partial charge in [-0.25, -0.2) is 0 Å². The van der Waals surface area contributed by atoms with E-state index < -0.39 is 0 Å². The van der Waals surface area contributed by atoms with Crippen LogP contribution in [-0.2, 0) is 4.79 Å². The number of halogens is 1. The molecule has 5 nitrogen and oxygen atoms in total. The number of aryl methyl sites for hydroxylation is 1. The molecular formula is C18H19ClN2O3. The van der Waals surface area contributed by atoms with Gasteiger partial charge in [-0.15, -0.1) is 0 Å². The Morgan fingerprint density at radius 2 is 2.17 bits per heavy atom. The average molecular weight is 347 g/mol. The van der Waals surface area contributed by atoms with Crippen molar-refractivity contribution in [3.8, 4) is 0 Å². The zero-order chi connectivity index (χ0) is 17.1. The molecular weight excluding hydrogens is 328 g/mol. The van der Waals surface area contributed by atoms with Crippen LogP contribution in [0.1, 0.15) is 28.8 Å². The predicted molar refractivity (Wildman–Crippen MR) is 92.2 cm³/mol. The molecule has 2 amide bonds. The molecule has 0 aliphatic carbocycles. The molecule has 126 valence electrons. The molecule has 0 bridgehead atoms. The first-order valence-electron chi connectivity index (χ1n) is 7.93. The molecule has 24 heavy (non-hydrogen) atoms. The molecule has 0 saturated carbocycles. The minimum Gasteiger partial charge on any atom is -0.472 e. The number of furan rings is 1. The third-order valence-electron chi connectivity index (χ3n) is 4.23. The van der Waals surface area contributed by atoms with Gasteiger partial charge >= 0.3 is 0 Å². The Morgan fingerprint density at radius 3 is 2.88 bits per heavy atom. The summed E-state index contributed by atoms with van der Waals surface area (Å²) in [6, 6.07) is 7.15. The second-order valence-electron chi connectivity index (χ2n) is 6.07. The highest BCUT2D eigenvalue weighted by Crippen LogP contribution is 2.25.